The summed E-state index contributed by atoms with van der Waals surface area (Å²) < 4.78 is 15.6. The Kier molecular flexibility index (Phi) is 4.38. The van der Waals surface area contributed by atoms with Gasteiger partial charge in [0.1, 0.15) is 0 Å². The first-order chi connectivity index (χ1) is 14.4. The van der Waals surface area contributed by atoms with E-state index in [4.69, 9.17) is 0 Å². The number of H-pyrrole nitrogens is 1. The number of carbonyl (C=O) groups is 1. The van der Waals surface area contributed by atoms with Gasteiger partial charge in [-0.05, 0) is 18.6 Å². The molecule has 0 radical (unpaired) electrons. The van der Waals surface area contributed by atoms with E-state index < -0.39 is 11.4 Å². The van der Waals surface area contributed by atoms with Crippen molar-refractivity contribution < 1.29 is 9.18 Å². The van der Waals surface area contributed by atoms with Gasteiger partial charge in [-0.1, -0.05) is 18.2 Å². The molecule has 1 amide bonds. The summed E-state index contributed by atoms with van der Waals surface area (Å²) in [5, 5.41) is 1.13. The van der Waals surface area contributed by atoms with E-state index in [2.05, 4.69) is 26.7 Å². The zero-order chi connectivity index (χ0) is 21.0. The molecule has 1 aromatic carbocycles. The van der Waals surface area contributed by atoms with Crippen LogP contribution in [0.5, 0.6) is 0 Å². The van der Waals surface area contributed by atoms with Crippen molar-refractivity contribution in [2.75, 3.05) is 31.1 Å². The molecule has 0 spiro atoms. The first-order valence-electron chi connectivity index (χ1n) is 10.2. The topological polar surface area (TPSA) is 74.2 Å². The Hall–Kier alpha value is -3.16. The number of rotatable bonds is 3. The Morgan fingerprint density at radius 3 is 2.60 bits per heavy atom. The van der Waals surface area contributed by atoms with Crippen molar-refractivity contribution in [3.8, 4) is 0 Å². The zero-order valence-electron chi connectivity index (χ0n) is 17.1. The van der Waals surface area contributed by atoms with Crippen molar-refractivity contribution in [2.45, 2.75) is 13.3 Å². The lowest BCUT2D eigenvalue weighted by Crippen LogP contribution is -2.35. The van der Waals surface area contributed by atoms with E-state index in [1.807, 2.05) is 35.2 Å². The molecule has 2 saturated heterocycles. The number of anilines is 1. The van der Waals surface area contributed by atoms with Crippen molar-refractivity contribution >= 4 is 22.8 Å². The van der Waals surface area contributed by atoms with Crippen LogP contribution in [0.3, 0.4) is 0 Å². The van der Waals surface area contributed by atoms with Crippen LogP contribution in [0, 0.1) is 24.6 Å². The quantitative estimate of drug-likeness (QED) is 0.717. The van der Waals surface area contributed by atoms with Gasteiger partial charge < -0.3 is 14.4 Å². The number of aromatic nitrogens is 3. The Bertz CT molecular complexity index is 1190. The number of nitrogens with one attached hydrogen (secondary N) is 1. The average Bonchev–Trinajstić information content (AvgIpc) is 3.38. The second-order valence-electron chi connectivity index (χ2n) is 8.47. The maximum Gasteiger partial charge on any atom is 0.288 e. The number of aromatic amines is 1. The normalized spacial score (nSPS) is 20.9. The van der Waals surface area contributed by atoms with Gasteiger partial charge in [-0.15, -0.1) is 0 Å². The Morgan fingerprint density at radius 2 is 1.90 bits per heavy atom. The van der Waals surface area contributed by atoms with Gasteiger partial charge in [0.25, 0.3) is 5.56 Å². The number of likely N-dealkylation sites (tertiary alicyclic amines) is 1. The van der Waals surface area contributed by atoms with E-state index in [0.29, 0.717) is 50.4 Å². The van der Waals surface area contributed by atoms with Crippen molar-refractivity contribution in [3.05, 3.63) is 57.9 Å². The Balaban J connectivity index is 1.26. The molecule has 30 heavy (non-hydrogen) atoms. The lowest BCUT2D eigenvalue weighted by Gasteiger charge is -2.22. The molecule has 5 rings (SSSR count). The molecular formula is C22H24FN5O2. The van der Waals surface area contributed by atoms with Gasteiger partial charge in [-0.25, -0.2) is 4.98 Å². The fourth-order valence-electron chi connectivity index (χ4n) is 4.92. The fourth-order valence-corrected chi connectivity index (χ4v) is 4.92. The maximum atomic E-state index is 13.6. The van der Waals surface area contributed by atoms with Crippen molar-refractivity contribution in [2.24, 2.45) is 18.9 Å². The minimum atomic E-state index is -0.830. The van der Waals surface area contributed by atoms with Gasteiger partial charge in [0.2, 0.25) is 17.7 Å². The summed E-state index contributed by atoms with van der Waals surface area (Å²) in [4.78, 5) is 35.4. The highest BCUT2D eigenvalue weighted by Crippen LogP contribution is 2.33. The number of para-hydroxylation sites is 1. The number of benzene rings is 1. The minimum absolute atomic E-state index is 0.109. The molecule has 7 nitrogen and oxygen atoms in total. The average molecular weight is 409 g/mol. The molecule has 3 aromatic rings. The van der Waals surface area contributed by atoms with Crippen LogP contribution in [0.4, 0.5) is 10.3 Å². The molecule has 2 unspecified atom stereocenters. The summed E-state index contributed by atoms with van der Waals surface area (Å²) in [7, 11) is 2.00. The first kappa shape index (κ1) is 18.8. The molecule has 156 valence electrons. The van der Waals surface area contributed by atoms with Gasteiger partial charge in [0.05, 0.1) is 12.1 Å². The third-order valence-corrected chi connectivity index (χ3v) is 6.48. The third-order valence-electron chi connectivity index (χ3n) is 6.48. The predicted molar refractivity (Wildman–Crippen MR) is 112 cm³/mol. The standard InChI is InChI=1S/C22H24FN5O2/c1-13-20(23)21(30)25-22(24-13)28-11-15-9-27(10-16(15)12-28)19(29)7-14-8-26(2)18-6-4-3-5-17(14)18/h3-6,8,15-16H,7,9-12H2,1-2H3,(H,24,25,30). The van der Waals surface area contributed by atoms with Crippen LogP contribution < -0.4 is 10.5 Å². The lowest BCUT2D eigenvalue weighted by atomic mass is 10.0. The molecule has 2 aromatic heterocycles. The number of carbonyl (C=O) groups excluding carboxylic acids is 1. The second kappa shape index (κ2) is 6.97. The molecule has 2 atom stereocenters. The summed E-state index contributed by atoms with van der Waals surface area (Å²) in [6, 6.07) is 8.13. The number of hydrogen-bond donors (Lipinski definition) is 1. The molecule has 0 saturated carbocycles. The van der Waals surface area contributed by atoms with Crippen LogP contribution in [0.1, 0.15) is 11.3 Å². The van der Waals surface area contributed by atoms with E-state index in [1.165, 1.54) is 6.92 Å². The van der Waals surface area contributed by atoms with Crippen molar-refractivity contribution in [3.63, 3.8) is 0 Å². The van der Waals surface area contributed by atoms with Crippen LogP contribution in [-0.2, 0) is 18.3 Å². The smallest absolute Gasteiger partial charge is 0.288 e. The Morgan fingerprint density at radius 1 is 1.20 bits per heavy atom. The second-order valence-corrected chi connectivity index (χ2v) is 8.47. The van der Waals surface area contributed by atoms with Crippen LogP contribution in [0.2, 0.25) is 0 Å². The van der Waals surface area contributed by atoms with Crippen molar-refractivity contribution in [1.29, 1.82) is 0 Å². The van der Waals surface area contributed by atoms with Crippen molar-refractivity contribution in [1.82, 2.24) is 19.4 Å². The van der Waals surface area contributed by atoms with E-state index in [-0.39, 0.29) is 11.6 Å². The SMILES string of the molecule is Cc1nc(N2CC3CN(C(=O)Cc4cn(C)c5ccccc45)CC3C2)[nH]c(=O)c1F. The number of aryl methyl sites for hydroxylation is 2. The van der Waals surface area contributed by atoms with Crippen LogP contribution in [-0.4, -0.2) is 51.5 Å². The number of nitrogens with zero attached hydrogens (tertiary/aromatic N) is 4. The van der Waals surface area contributed by atoms with E-state index in [1.54, 1.807) is 0 Å². The summed E-state index contributed by atoms with van der Waals surface area (Å²) >= 11 is 0. The van der Waals surface area contributed by atoms with E-state index in [9.17, 15) is 14.0 Å². The summed E-state index contributed by atoms with van der Waals surface area (Å²) in [5.41, 5.74) is 1.56. The van der Waals surface area contributed by atoms with Gasteiger partial charge >= 0.3 is 0 Å². The third kappa shape index (κ3) is 3.07. The number of amides is 1. The monoisotopic (exact) mass is 409 g/mol. The molecular weight excluding hydrogens is 385 g/mol. The molecule has 8 heteroatoms. The molecule has 2 aliphatic rings. The highest BCUT2D eigenvalue weighted by molar-refractivity contribution is 5.89. The maximum absolute atomic E-state index is 13.6. The van der Waals surface area contributed by atoms with E-state index >= 15 is 0 Å². The number of fused-ring (bicyclic) bond motifs is 2. The molecule has 2 fully saturated rings. The first-order valence-corrected chi connectivity index (χ1v) is 10.2. The largest absolute Gasteiger partial charge is 0.350 e. The minimum Gasteiger partial charge on any atom is -0.350 e. The van der Waals surface area contributed by atoms with Crippen LogP contribution in [0.25, 0.3) is 10.9 Å². The number of hydrogen-bond acceptors (Lipinski definition) is 4. The fraction of sp³-hybridized carbons (Fsp3) is 0.409. The number of halogens is 1. The molecule has 4 heterocycles. The van der Waals surface area contributed by atoms with Crippen LogP contribution >= 0.6 is 0 Å². The summed E-state index contributed by atoms with van der Waals surface area (Å²) in [6.45, 7) is 4.32. The van der Waals surface area contributed by atoms with Crippen LogP contribution in [0.15, 0.2) is 35.3 Å². The zero-order valence-corrected chi connectivity index (χ0v) is 17.1. The van der Waals surface area contributed by atoms with Gasteiger partial charge in [-0.2, -0.15) is 4.39 Å². The van der Waals surface area contributed by atoms with E-state index in [0.717, 1.165) is 16.5 Å². The molecule has 2 aliphatic heterocycles. The van der Waals surface area contributed by atoms with Gasteiger partial charge in [0, 0.05) is 62.2 Å². The molecule has 1 N–H and O–H groups in total. The summed E-state index contributed by atoms with van der Waals surface area (Å²) in [5.74, 6) is 0.399. The Labute approximate surface area is 173 Å². The highest BCUT2D eigenvalue weighted by atomic mass is 19.1. The van der Waals surface area contributed by atoms with Gasteiger partial charge in [-0.3, -0.25) is 14.6 Å². The molecule has 0 aliphatic carbocycles. The lowest BCUT2D eigenvalue weighted by molar-refractivity contribution is -0.129. The predicted octanol–water partition coefficient (Wildman–Crippen LogP) is 1.85. The van der Waals surface area contributed by atoms with Gasteiger partial charge in [0.15, 0.2) is 0 Å². The molecule has 0 bridgehead atoms. The highest BCUT2D eigenvalue weighted by Gasteiger charge is 2.42. The summed E-state index contributed by atoms with van der Waals surface area (Å²) in [6.07, 6.45) is 2.44.